The Morgan fingerprint density at radius 3 is 2.35 bits per heavy atom. The zero-order chi connectivity index (χ0) is 19.1. The van der Waals surface area contributed by atoms with Gasteiger partial charge in [0.1, 0.15) is 6.54 Å². The molecule has 0 saturated heterocycles. The first-order valence-electron chi connectivity index (χ1n) is 7.47. The number of benzene rings is 2. The SMILES string of the molecule is COc1ccc(C(=O)COC(=O)CNC(=O)c2ccc(Br)cc2)cc1F. The smallest absolute Gasteiger partial charge is 0.325 e. The lowest BCUT2D eigenvalue weighted by molar-refractivity contribution is -0.141. The van der Waals surface area contributed by atoms with Gasteiger partial charge in [-0.2, -0.15) is 0 Å². The fraction of sp³-hybridized carbons (Fsp3) is 0.167. The zero-order valence-corrected chi connectivity index (χ0v) is 15.3. The Morgan fingerprint density at radius 1 is 1.08 bits per heavy atom. The first-order chi connectivity index (χ1) is 12.4. The molecule has 2 aromatic rings. The van der Waals surface area contributed by atoms with Crippen molar-refractivity contribution in [3.63, 3.8) is 0 Å². The summed E-state index contributed by atoms with van der Waals surface area (Å²) in [6.07, 6.45) is 0. The third-order valence-electron chi connectivity index (χ3n) is 3.34. The molecule has 0 aliphatic carbocycles. The van der Waals surface area contributed by atoms with E-state index in [2.05, 4.69) is 21.2 Å². The minimum Gasteiger partial charge on any atom is -0.494 e. The Bertz CT molecular complexity index is 823. The Hall–Kier alpha value is -2.74. The molecule has 0 fully saturated rings. The van der Waals surface area contributed by atoms with E-state index < -0.39 is 30.1 Å². The lowest BCUT2D eigenvalue weighted by Crippen LogP contribution is -2.31. The number of methoxy groups -OCH3 is 1. The van der Waals surface area contributed by atoms with Gasteiger partial charge in [-0.1, -0.05) is 15.9 Å². The van der Waals surface area contributed by atoms with Crippen LogP contribution in [0.25, 0.3) is 0 Å². The van der Waals surface area contributed by atoms with Crippen molar-refractivity contribution in [1.29, 1.82) is 0 Å². The van der Waals surface area contributed by atoms with Crippen LogP contribution < -0.4 is 10.1 Å². The van der Waals surface area contributed by atoms with Crippen molar-refractivity contribution in [1.82, 2.24) is 5.32 Å². The maximum absolute atomic E-state index is 13.6. The molecule has 2 aromatic carbocycles. The topological polar surface area (TPSA) is 81.7 Å². The summed E-state index contributed by atoms with van der Waals surface area (Å²) < 4.78 is 23.9. The molecule has 0 heterocycles. The zero-order valence-electron chi connectivity index (χ0n) is 13.8. The predicted octanol–water partition coefficient (Wildman–Crippen LogP) is 2.75. The van der Waals surface area contributed by atoms with Crippen LogP contribution in [0.3, 0.4) is 0 Å². The number of ketones is 1. The van der Waals surface area contributed by atoms with E-state index in [1.54, 1.807) is 24.3 Å². The first kappa shape index (κ1) is 19.6. The van der Waals surface area contributed by atoms with Gasteiger partial charge in [-0.05, 0) is 42.5 Å². The molecule has 8 heteroatoms. The molecule has 0 aromatic heterocycles. The summed E-state index contributed by atoms with van der Waals surface area (Å²) >= 11 is 3.25. The van der Waals surface area contributed by atoms with Crippen LogP contribution in [0.2, 0.25) is 0 Å². The van der Waals surface area contributed by atoms with E-state index in [1.165, 1.54) is 19.2 Å². The largest absolute Gasteiger partial charge is 0.494 e. The quantitative estimate of drug-likeness (QED) is 0.546. The van der Waals surface area contributed by atoms with Gasteiger partial charge < -0.3 is 14.8 Å². The van der Waals surface area contributed by atoms with Gasteiger partial charge in [0.05, 0.1) is 7.11 Å². The number of ether oxygens (including phenoxy) is 2. The molecule has 0 bridgehead atoms. The monoisotopic (exact) mass is 423 g/mol. The highest BCUT2D eigenvalue weighted by atomic mass is 79.9. The maximum atomic E-state index is 13.6. The summed E-state index contributed by atoms with van der Waals surface area (Å²) in [6, 6.07) is 10.2. The van der Waals surface area contributed by atoms with Gasteiger partial charge in [0.25, 0.3) is 5.91 Å². The van der Waals surface area contributed by atoms with Gasteiger partial charge in [0.2, 0.25) is 0 Å². The number of hydrogen-bond donors (Lipinski definition) is 1. The van der Waals surface area contributed by atoms with Gasteiger partial charge in [0.15, 0.2) is 24.0 Å². The van der Waals surface area contributed by atoms with Crippen molar-refractivity contribution in [2.75, 3.05) is 20.3 Å². The van der Waals surface area contributed by atoms with Crippen molar-refractivity contribution in [3.05, 3.63) is 63.9 Å². The second-order valence-electron chi connectivity index (χ2n) is 5.12. The second kappa shape index (κ2) is 9.10. The van der Waals surface area contributed by atoms with Gasteiger partial charge >= 0.3 is 5.97 Å². The molecular weight excluding hydrogens is 409 g/mol. The molecular formula is C18H15BrFNO5. The summed E-state index contributed by atoms with van der Waals surface area (Å²) in [6.45, 7) is -0.947. The highest BCUT2D eigenvalue weighted by Crippen LogP contribution is 2.18. The fourth-order valence-corrected chi connectivity index (χ4v) is 2.24. The Balaban J connectivity index is 1.81. The number of Topliss-reactive ketones (excluding diaryl/α,β-unsaturated/α-hetero) is 1. The van der Waals surface area contributed by atoms with E-state index in [4.69, 9.17) is 9.47 Å². The van der Waals surface area contributed by atoms with E-state index >= 15 is 0 Å². The van der Waals surface area contributed by atoms with Crippen LogP contribution in [0.15, 0.2) is 46.9 Å². The number of esters is 1. The van der Waals surface area contributed by atoms with E-state index in [-0.39, 0.29) is 17.9 Å². The number of amides is 1. The molecule has 136 valence electrons. The second-order valence-corrected chi connectivity index (χ2v) is 6.04. The molecule has 0 radical (unpaired) electrons. The molecule has 1 N–H and O–H groups in total. The summed E-state index contributed by atoms with van der Waals surface area (Å²) in [7, 11) is 1.31. The van der Waals surface area contributed by atoms with Gasteiger partial charge in [-0.25, -0.2) is 4.39 Å². The third-order valence-corrected chi connectivity index (χ3v) is 3.87. The molecule has 26 heavy (non-hydrogen) atoms. The van der Waals surface area contributed by atoms with Crippen LogP contribution in [0.5, 0.6) is 5.75 Å². The molecule has 2 rings (SSSR count). The molecule has 0 saturated carbocycles. The van der Waals surface area contributed by atoms with E-state index in [9.17, 15) is 18.8 Å². The predicted molar refractivity (Wildman–Crippen MR) is 94.7 cm³/mol. The first-order valence-corrected chi connectivity index (χ1v) is 8.26. The summed E-state index contributed by atoms with van der Waals surface area (Å²) in [5.74, 6) is -2.48. The third kappa shape index (κ3) is 5.38. The minimum atomic E-state index is -0.780. The van der Waals surface area contributed by atoms with E-state index in [1.807, 2.05) is 0 Å². The normalized spacial score (nSPS) is 10.1. The number of hydrogen-bond acceptors (Lipinski definition) is 5. The lowest BCUT2D eigenvalue weighted by Gasteiger charge is -2.07. The van der Waals surface area contributed by atoms with Crippen molar-refractivity contribution < 1.29 is 28.2 Å². The molecule has 0 atom stereocenters. The summed E-state index contributed by atoms with van der Waals surface area (Å²) in [5, 5.41) is 2.39. The number of carbonyl (C=O) groups is 3. The van der Waals surface area contributed by atoms with Crippen molar-refractivity contribution >= 4 is 33.6 Å². The van der Waals surface area contributed by atoms with E-state index in [0.717, 1.165) is 10.5 Å². The maximum Gasteiger partial charge on any atom is 0.325 e. The van der Waals surface area contributed by atoms with Crippen LogP contribution >= 0.6 is 15.9 Å². The van der Waals surface area contributed by atoms with Crippen LogP contribution in [0.4, 0.5) is 4.39 Å². The Kier molecular flexibility index (Phi) is 6.85. The minimum absolute atomic E-state index is 0.00852. The summed E-state index contributed by atoms with van der Waals surface area (Å²) in [5.41, 5.74) is 0.431. The standard InChI is InChI=1S/C18H15BrFNO5/c1-25-16-7-4-12(8-14(16)20)15(22)10-26-17(23)9-21-18(24)11-2-5-13(19)6-3-11/h2-8H,9-10H2,1H3,(H,21,24). The number of halogens is 2. The van der Waals surface area contributed by atoms with Gasteiger partial charge in [-0.15, -0.1) is 0 Å². The molecule has 0 aliphatic rings. The van der Waals surface area contributed by atoms with Crippen LogP contribution in [-0.4, -0.2) is 37.9 Å². The summed E-state index contributed by atoms with van der Waals surface area (Å²) in [4.78, 5) is 35.4. The molecule has 1 amide bonds. The van der Waals surface area contributed by atoms with Crippen molar-refractivity contribution in [3.8, 4) is 5.75 Å². The van der Waals surface area contributed by atoms with Crippen LogP contribution in [0, 0.1) is 5.82 Å². The fourth-order valence-electron chi connectivity index (χ4n) is 1.98. The molecule has 0 unspecified atom stereocenters. The van der Waals surface area contributed by atoms with Crippen LogP contribution in [0.1, 0.15) is 20.7 Å². The van der Waals surface area contributed by atoms with Gasteiger partial charge in [0, 0.05) is 15.6 Å². The molecule has 0 aliphatic heterocycles. The van der Waals surface area contributed by atoms with Crippen molar-refractivity contribution in [2.45, 2.75) is 0 Å². The lowest BCUT2D eigenvalue weighted by atomic mass is 10.1. The highest BCUT2D eigenvalue weighted by Gasteiger charge is 2.14. The van der Waals surface area contributed by atoms with Crippen LogP contribution in [-0.2, 0) is 9.53 Å². The highest BCUT2D eigenvalue weighted by molar-refractivity contribution is 9.10. The Morgan fingerprint density at radius 2 is 1.73 bits per heavy atom. The Labute approximate surface area is 157 Å². The average molecular weight is 424 g/mol. The molecule has 6 nitrogen and oxygen atoms in total. The molecule has 0 spiro atoms. The number of nitrogens with one attached hydrogen (secondary N) is 1. The average Bonchev–Trinajstić information content (AvgIpc) is 2.64. The van der Waals surface area contributed by atoms with E-state index in [0.29, 0.717) is 5.56 Å². The number of carbonyl (C=O) groups excluding carboxylic acids is 3. The van der Waals surface area contributed by atoms with Crippen molar-refractivity contribution in [2.24, 2.45) is 0 Å². The number of rotatable bonds is 7. The van der Waals surface area contributed by atoms with Gasteiger partial charge in [-0.3, -0.25) is 14.4 Å².